The van der Waals surface area contributed by atoms with Gasteiger partial charge in [-0.3, -0.25) is 9.59 Å². The summed E-state index contributed by atoms with van der Waals surface area (Å²) in [6.45, 7) is 8.19. The normalized spacial score (nSPS) is 17.7. The van der Waals surface area contributed by atoms with Crippen LogP contribution < -0.4 is 5.32 Å². The summed E-state index contributed by atoms with van der Waals surface area (Å²) in [7, 11) is 1.58. The van der Waals surface area contributed by atoms with Crippen LogP contribution >= 0.6 is 0 Å². The quantitative estimate of drug-likeness (QED) is 0.511. The molecule has 2 aromatic carbocycles. The molecule has 3 rings (SSSR count). The largest absolute Gasteiger partial charge is 0.383 e. The summed E-state index contributed by atoms with van der Waals surface area (Å²) in [6, 6.07) is 12.8. The number of hydrogen-bond donors (Lipinski definition) is 1. The number of ether oxygens (including phenoxy) is 1. The molecule has 0 aliphatic carbocycles. The van der Waals surface area contributed by atoms with E-state index in [2.05, 4.69) is 24.1 Å². The number of rotatable bonds is 12. The van der Waals surface area contributed by atoms with Gasteiger partial charge in [0.1, 0.15) is 5.82 Å². The van der Waals surface area contributed by atoms with Gasteiger partial charge in [-0.15, -0.1) is 0 Å². The van der Waals surface area contributed by atoms with Crippen LogP contribution in [-0.4, -0.2) is 68.1 Å². The van der Waals surface area contributed by atoms with E-state index in [0.29, 0.717) is 30.8 Å². The number of carbonyl (C=O) groups is 2. The molecule has 2 amide bonds. The number of fused-ring (bicyclic) bond motifs is 1. The van der Waals surface area contributed by atoms with Crippen LogP contribution in [0.2, 0.25) is 0 Å². The molecule has 1 N–H and O–H groups in total. The van der Waals surface area contributed by atoms with Gasteiger partial charge in [0.25, 0.3) is 5.91 Å². The summed E-state index contributed by atoms with van der Waals surface area (Å²) in [5.41, 5.74) is 1.94. The molecule has 34 heavy (non-hydrogen) atoms. The molecule has 0 saturated carbocycles. The number of carbonyl (C=O) groups excluding carboxylic acids is 2. The minimum Gasteiger partial charge on any atom is -0.383 e. The Balaban J connectivity index is 1.92. The Morgan fingerprint density at radius 3 is 2.53 bits per heavy atom. The van der Waals surface area contributed by atoms with Crippen molar-refractivity contribution in [2.75, 3.05) is 46.4 Å². The Morgan fingerprint density at radius 1 is 1.12 bits per heavy atom. The fourth-order valence-electron chi connectivity index (χ4n) is 4.60. The number of methoxy groups -OCH3 is 1. The average molecular weight is 470 g/mol. The number of hydrogen-bond acceptors (Lipinski definition) is 4. The second-order valence-corrected chi connectivity index (χ2v) is 8.63. The minimum atomic E-state index is -0.609. The number of likely N-dealkylation sites (N-methyl/N-ethyl adjacent to an activating group) is 1. The zero-order valence-corrected chi connectivity index (χ0v) is 20.4. The summed E-state index contributed by atoms with van der Waals surface area (Å²) in [5.74, 6) is -1.25. The first-order chi connectivity index (χ1) is 16.5. The van der Waals surface area contributed by atoms with Gasteiger partial charge in [0, 0.05) is 32.3 Å². The van der Waals surface area contributed by atoms with Crippen LogP contribution in [0.5, 0.6) is 0 Å². The molecule has 0 radical (unpaired) electrons. The highest BCUT2D eigenvalue weighted by molar-refractivity contribution is 6.01. The first-order valence-electron chi connectivity index (χ1n) is 12.2. The second-order valence-electron chi connectivity index (χ2n) is 8.63. The number of nitrogens with zero attached hydrogens (tertiary/aromatic N) is 2. The molecule has 0 saturated heterocycles. The van der Waals surface area contributed by atoms with Crippen molar-refractivity contribution in [1.29, 1.82) is 0 Å². The molecule has 6 nitrogen and oxygen atoms in total. The van der Waals surface area contributed by atoms with Crippen LogP contribution in [0, 0.1) is 5.82 Å². The number of amides is 2. The van der Waals surface area contributed by atoms with Gasteiger partial charge in [0.15, 0.2) is 0 Å². The molecule has 0 unspecified atom stereocenters. The van der Waals surface area contributed by atoms with Crippen LogP contribution in [0.3, 0.4) is 0 Å². The fraction of sp³-hybridized carbons (Fsp3) is 0.481. The van der Waals surface area contributed by atoms with Gasteiger partial charge in [-0.1, -0.05) is 50.6 Å². The smallest absolute Gasteiger partial charge is 0.254 e. The molecule has 0 spiro atoms. The molecule has 1 aliphatic heterocycles. The summed E-state index contributed by atoms with van der Waals surface area (Å²) in [5, 5.41) is 3.11. The van der Waals surface area contributed by atoms with E-state index in [9.17, 15) is 14.0 Å². The third-order valence-electron chi connectivity index (χ3n) is 6.47. The molecule has 0 fully saturated rings. The first-order valence-corrected chi connectivity index (χ1v) is 12.2. The van der Waals surface area contributed by atoms with Gasteiger partial charge in [-0.2, -0.15) is 0 Å². The van der Waals surface area contributed by atoms with E-state index in [4.69, 9.17) is 4.74 Å². The van der Waals surface area contributed by atoms with Crippen molar-refractivity contribution in [1.82, 2.24) is 15.1 Å². The fourth-order valence-corrected chi connectivity index (χ4v) is 4.60. The van der Waals surface area contributed by atoms with Crippen molar-refractivity contribution in [2.24, 2.45) is 0 Å². The van der Waals surface area contributed by atoms with E-state index in [1.807, 2.05) is 18.2 Å². The Morgan fingerprint density at radius 2 is 1.85 bits per heavy atom. The highest BCUT2D eigenvalue weighted by atomic mass is 19.1. The van der Waals surface area contributed by atoms with Gasteiger partial charge < -0.3 is 19.9 Å². The van der Waals surface area contributed by atoms with Crippen molar-refractivity contribution in [3.8, 4) is 0 Å². The van der Waals surface area contributed by atoms with Crippen molar-refractivity contribution in [3.63, 3.8) is 0 Å². The lowest BCUT2D eigenvalue weighted by atomic mass is 9.79. The zero-order chi connectivity index (χ0) is 24.5. The summed E-state index contributed by atoms with van der Waals surface area (Å²) in [6.07, 6.45) is 2.26. The Labute approximate surface area is 202 Å². The van der Waals surface area contributed by atoms with E-state index in [1.165, 1.54) is 12.1 Å². The van der Waals surface area contributed by atoms with Crippen LogP contribution in [0.1, 0.15) is 60.1 Å². The van der Waals surface area contributed by atoms with E-state index < -0.39 is 12.0 Å². The number of benzene rings is 2. The highest BCUT2D eigenvalue weighted by Gasteiger charge is 2.43. The Kier molecular flexibility index (Phi) is 9.60. The maximum Gasteiger partial charge on any atom is 0.254 e. The van der Waals surface area contributed by atoms with Crippen LogP contribution in [0.25, 0.3) is 0 Å². The summed E-state index contributed by atoms with van der Waals surface area (Å²) >= 11 is 0. The van der Waals surface area contributed by atoms with Crippen molar-refractivity contribution >= 4 is 11.8 Å². The molecular formula is C27H36FN3O3. The third kappa shape index (κ3) is 6.02. The molecular weight excluding hydrogens is 433 g/mol. The lowest BCUT2D eigenvalue weighted by Gasteiger charge is -2.41. The van der Waals surface area contributed by atoms with Crippen molar-refractivity contribution in [2.45, 2.75) is 38.6 Å². The van der Waals surface area contributed by atoms with Gasteiger partial charge >= 0.3 is 0 Å². The second kappa shape index (κ2) is 12.6. The van der Waals surface area contributed by atoms with E-state index in [1.54, 1.807) is 30.2 Å². The standard InChI is InChI=1S/C27H36FN3O3/c1-4-6-16-30(5-2)17-15-29-26(32)24-22-9-7-8-10-23(22)27(33)31(18-19-34-3)25(24)20-11-13-21(28)14-12-20/h7-14,24-25H,4-6,15-19H2,1-3H3,(H,29,32)/t24-,25+/m1/s1. The van der Waals surface area contributed by atoms with Gasteiger partial charge in [-0.05, 0) is 48.8 Å². The SMILES string of the molecule is CCCCN(CC)CCNC(=O)[C@@H]1c2ccccc2C(=O)N(CCOC)[C@H]1c1ccc(F)cc1. The van der Waals surface area contributed by atoms with Crippen LogP contribution in [0.4, 0.5) is 4.39 Å². The van der Waals surface area contributed by atoms with Crippen LogP contribution in [-0.2, 0) is 9.53 Å². The topological polar surface area (TPSA) is 61.9 Å². The van der Waals surface area contributed by atoms with Gasteiger partial charge in [-0.25, -0.2) is 4.39 Å². The number of halogens is 1. The van der Waals surface area contributed by atoms with Gasteiger partial charge in [0.05, 0.1) is 18.6 Å². The molecule has 1 aliphatic rings. The van der Waals surface area contributed by atoms with E-state index in [-0.39, 0.29) is 17.6 Å². The lowest BCUT2D eigenvalue weighted by Crippen LogP contribution is -2.49. The average Bonchev–Trinajstić information content (AvgIpc) is 2.85. The predicted octanol–water partition coefficient (Wildman–Crippen LogP) is 3.99. The molecule has 2 atom stereocenters. The van der Waals surface area contributed by atoms with Crippen LogP contribution in [0.15, 0.2) is 48.5 Å². The van der Waals surface area contributed by atoms with Gasteiger partial charge in [0.2, 0.25) is 5.91 Å². The maximum absolute atomic E-state index is 13.7. The van der Waals surface area contributed by atoms with Crippen molar-refractivity contribution in [3.05, 3.63) is 71.0 Å². The summed E-state index contributed by atoms with van der Waals surface area (Å²) < 4.78 is 19.0. The monoisotopic (exact) mass is 469 g/mol. The zero-order valence-electron chi connectivity index (χ0n) is 20.4. The highest BCUT2D eigenvalue weighted by Crippen LogP contribution is 2.42. The molecule has 0 aromatic heterocycles. The molecule has 1 heterocycles. The minimum absolute atomic E-state index is 0.136. The summed E-state index contributed by atoms with van der Waals surface area (Å²) in [4.78, 5) is 31.1. The van der Waals surface area contributed by atoms with E-state index in [0.717, 1.165) is 38.0 Å². The lowest BCUT2D eigenvalue weighted by molar-refractivity contribution is -0.124. The molecule has 7 heteroatoms. The molecule has 0 bridgehead atoms. The maximum atomic E-state index is 13.7. The Bertz CT molecular complexity index is 950. The number of unbranched alkanes of at least 4 members (excludes halogenated alkanes) is 1. The molecule has 2 aromatic rings. The third-order valence-corrected chi connectivity index (χ3v) is 6.47. The Hall–Kier alpha value is -2.77. The predicted molar refractivity (Wildman–Crippen MR) is 131 cm³/mol. The van der Waals surface area contributed by atoms with E-state index >= 15 is 0 Å². The first kappa shape index (κ1) is 25.8. The molecule has 184 valence electrons. The number of nitrogens with one attached hydrogen (secondary N) is 1. The van der Waals surface area contributed by atoms with Crippen molar-refractivity contribution < 1.29 is 18.7 Å².